The summed E-state index contributed by atoms with van der Waals surface area (Å²) < 4.78 is 13.9. The molecule has 0 radical (unpaired) electrons. The molecule has 2 aromatic heterocycles. The molecule has 6 aromatic carbocycles. The van der Waals surface area contributed by atoms with E-state index in [0.29, 0.717) is 18.0 Å². The zero-order valence-electron chi connectivity index (χ0n) is 37.3. The number of rotatable bonds is 7. The summed E-state index contributed by atoms with van der Waals surface area (Å²) in [5.74, 6) is -1.12. The number of para-hydroxylation sites is 2. The van der Waals surface area contributed by atoms with E-state index in [1.54, 1.807) is 49.9 Å². The van der Waals surface area contributed by atoms with Gasteiger partial charge < -0.3 is 4.74 Å². The Balaban J connectivity index is 0.000000754. The summed E-state index contributed by atoms with van der Waals surface area (Å²) in [6, 6.07) is 57.4. The number of allylic oxidation sites excluding steroid dienone is 4. The lowest BCUT2D eigenvalue weighted by Gasteiger charge is -2.47. The molecule has 6 atom stereocenters. The van der Waals surface area contributed by atoms with Gasteiger partial charge in [-0.1, -0.05) is 176 Å². The highest BCUT2D eigenvalue weighted by atomic mass is 16.5. The normalized spacial score (nSPS) is 23.4. The van der Waals surface area contributed by atoms with Crippen LogP contribution in [0.15, 0.2) is 225 Å². The largest absolute Gasteiger partial charge is 0.466 e. The third kappa shape index (κ3) is 5.06. The lowest BCUT2D eigenvalue weighted by Crippen LogP contribution is -2.54. The lowest BCUT2D eigenvalue weighted by molar-refractivity contribution is -0.140. The van der Waals surface area contributed by atoms with Gasteiger partial charge in [0.1, 0.15) is 11.1 Å². The van der Waals surface area contributed by atoms with E-state index >= 15 is 19.2 Å². The average molecular weight is 899 g/mol. The van der Waals surface area contributed by atoms with E-state index in [2.05, 4.69) is 47.2 Å². The van der Waals surface area contributed by atoms with Gasteiger partial charge in [-0.3, -0.25) is 4.79 Å². The average Bonchev–Trinajstić information content (AvgIpc) is 4.22. The molecule has 12 nitrogen and oxygen atoms in total. The molecule has 68 heavy (non-hydrogen) atoms. The monoisotopic (exact) mass is 898 g/mol. The molecule has 2 bridgehead atoms. The Hall–Kier alpha value is -8.25. The quantitative estimate of drug-likeness (QED) is 0.123. The van der Waals surface area contributed by atoms with Gasteiger partial charge in [-0.15, -0.1) is 0 Å². The lowest BCUT2D eigenvalue weighted by atomic mass is 9.57. The minimum atomic E-state index is -1.22. The Morgan fingerprint density at radius 2 is 0.971 bits per heavy atom. The van der Waals surface area contributed by atoms with E-state index in [1.807, 2.05) is 133 Å². The first-order valence-corrected chi connectivity index (χ1v) is 23.1. The van der Waals surface area contributed by atoms with Crippen LogP contribution in [0.2, 0.25) is 0 Å². The highest BCUT2D eigenvalue weighted by molar-refractivity contribution is 5.65. The topological polar surface area (TPSA) is 124 Å². The number of carbonyl (C=O) groups excluding carboxylic acids is 1. The Kier molecular flexibility index (Phi) is 9.17. The van der Waals surface area contributed by atoms with Crippen LogP contribution in [0.25, 0.3) is 11.4 Å². The molecule has 8 aromatic rings. The number of ether oxygens (including phenoxy) is 1. The maximum absolute atomic E-state index is 15.5. The van der Waals surface area contributed by atoms with E-state index in [0.717, 1.165) is 27.8 Å². The first kappa shape index (κ1) is 41.2. The summed E-state index contributed by atoms with van der Waals surface area (Å²) in [7, 11) is 0. The molecule has 4 heterocycles. The third-order valence-electron chi connectivity index (χ3n) is 15.2. The van der Waals surface area contributed by atoms with Crippen LogP contribution in [-0.2, 0) is 20.6 Å². The van der Waals surface area contributed by atoms with Crippen molar-refractivity contribution >= 4 is 5.97 Å². The van der Waals surface area contributed by atoms with Crippen LogP contribution >= 0.6 is 0 Å². The summed E-state index contributed by atoms with van der Waals surface area (Å²) in [6.45, 7) is 3.65. The van der Waals surface area contributed by atoms with E-state index in [9.17, 15) is 4.79 Å². The smallest absolute Gasteiger partial charge is 0.353 e. The summed E-state index contributed by atoms with van der Waals surface area (Å²) in [5, 5.41) is 0. The van der Waals surface area contributed by atoms with Crippen LogP contribution in [0.3, 0.4) is 0 Å². The van der Waals surface area contributed by atoms with E-state index in [-0.39, 0.29) is 23.7 Å². The Labute approximate surface area is 390 Å². The van der Waals surface area contributed by atoms with Crippen LogP contribution in [0, 0.1) is 23.2 Å². The Morgan fingerprint density at radius 1 is 0.544 bits per heavy atom. The van der Waals surface area contributed by atoms with Crippen LogP contribution in [0.1, 0.15) is 48.2 Å². The first-order valence-electron chi connectivity index (χ1n) is 23.1. The van der Waals surface area contributed by atoms with Gasteiger partial charge in [0.25, 0.3) is 0 Å². The number of hydrogen-bond acceptors (Lipinski definition) is 6. The minimum absolute atomic E-state index is 0.211. The number of carbonyl (C=O) groups is 1. The molecule has 0 N–H and O–H groups in total. The molecule has 0 amide bonds. The molecule has 0 saturated heterocycles. The fraction of sp³-hybridized carbons (Fsp3) is 0.196. The first-order chi connectivity index (χ1) is 33.2. The van der Waals surface area contributed by atoms with Gasteiger partial charge in [0.05, 0.1) is 35.5 Å². The number of hydrogen-bond donors (Lipinski definition) is 0. The molecule has 0 spiro atoms. The molecule has 1 saturated carbocycles. The summed E-state index contributed by atoms with van der Waals surface area (Å²) in [6.07, 6.45) is 6.85. The second-order valence-corrected chi connectivity index (χ2v) is 18.1. The van der Waals surface area contributed by atoms with E-state index in [4.69, 9.17) is 0 Å². The molecule has 13 rings (SSSR count). The van der Waals surface area contributed by atoms with Crippen molar-refractivity contribution < 1.29 is 9.53 Å². The zero-order chi connectivity index (χ0) is 46.5. The van der Waals surface area contributed by atoms with Gasteiger partial charge in [0.2, 0.25) is 0 Å². The predicted molar refractivity (Wildman–Crippen MR) is 257 cm³/mol. The third-order valence-corrected chi connectivity index (χ3v) is 15.2. The molecule has 1 fully saturated rings. The van der Waals surface area contributed by atoms with Gasteiger partial charge in [-0.25, -0.2) is 47.0 Å². The summed E-state index contributed by atoms with van der Waals surface area (Å²) in [5.41, 5.74) is 0.312. The fourth-order valence-electron chi connectivity index (χ4n) is 13.2. The highest BCUT2D eigenvalue weighted by Crippen LogP contribution is 2.78. The van der Waals surface area contributed by atoms with E-state index in [1.165, 1.54) is 16.1 Å². The van der Waals surface area contributed by atoms with Crippen molar-refractivity contribution in [3.05, 3.63) is 270 Å². The van der Waals surface area contributed by atoms with Gasteiger partial charge in [0.15, 0.2) is 0 Å². The molecular formula is C56H46N6O6. The van der Waals surface area contributed by atoms with Crippen molar-refractivity contribution in [3.8, 4) is 11.4 Å². The minimum Gasteiger partial charge on any atom is -0.466 e. The number of benzene rings is 6. The van der Waals surface area contributed by atoms with Crippen molar-refractivity contribution in [1.29, 1.82) is 0 Å². The van der Waals surface area contributed by atoms with Crippen LogP contribution in [0.4, 0.5) is 0 Å². The van der Waals surface area contributed by atoms with Gasteiger partial charge in [-0.2, -0.15) is 0 Å². The number of nitrogens with zero attached hydrogens (tertiary/aromatic N) is 6. The maximum atomic E-state index is 15.5. The Morgan fingerprint density at radius 3 is 1.41 bits per heavy atom. The fourth-order valence-corrected chi connectivity index (χ4v) is 13.2. The maximum Gasteiger partial charge on any atom is 0.353 e. The molecular weight excluding hydrogens is 853 g/mol. The molecule has 3 aliphatic carbocycles. The van der Waals surface area contributed by atoms with Crippen molar-refractivity contribution in [1.82, 2.24) is 27.9 Å². The van der Waals surface area contributed by atoms with Crippen molar-refractivity contribution in [3.63, 3.8) is 0 Å². The highest BCUT2D eigenvalue weighted by Gasteiger charge is 2.80. The summed E-state index contributed by atoms with van der Waals surface area (Å²) >= 11 is 0. The van der Waals surface area contributed by atoms with Crippen LogP contribution < -0.4 is 22.8 Å². The Bertz CT molecular complexity index is 3490. The second kappa shape index (κ2) is 15.1. The van der Waals surface area contributed by atoms with Crippen molar-refractivity contribution in [2.45, 2.75) is 37.0 Å². The number of fused-ring (bicyclic) bond motifs is 7. The molecule has 0 unspecified atom stereocenters. The van der Waals surface area contributed by atoms with Gasteiger partial charge in [0, 0.05) is 18.8 Å². The standard InChI is InChI=1S/C52H38N6O4.C4H8O2/c59-46-53(38-27-15-5-16-28-38)48(61)57-51(34-19-7-1-8-20-34,35-21-9-2-10-22-35)42-33-41-43(44(42)55(46)57)40-31-32-50(41)45(40)56-47(60)54(39-29-17-6-18-30-39)49(62)58(56)52(50,36-23-11-3-12-24-36)37-25-13-4-14-26-37;1-3-6-4(2)5/h1-33,40-41,43-45H;3H2,1-2H3/t40-,41+,43+,44-,45+,50-;/m1./s1. The molecule has 2 aliphatic heterocycles. The van der Waals surface area contributed by atoms with E-state index < -0.39 is 51.3 Å². The van der Waals surface area contributed by atoms with Gasteiger partial charge >= 0.3 is 28.7 Å². The predicted octanol–water partition coefficient (Wildman–Crippen LogP) is 7.24. The number of aromatic nitrogens is 6. The van der Waals surface area contributed by atoms with Crippen molar-refractivity contribution in [2.24, 2.45) is 23.2 Å². The molecule has 12 heteroatoms. The zero-order valence-corrected chi connectivity index (χ0v) is 37.3. The van der Waals surface area contributed by atoms with Crippen LogP contribution in [0.5, 0.6) is 0 Å². The summed E-state index contributed by atoms with van der Waals surface area (Å²) in [4.78, 5) is 71.4. The second-order valence-electron chi connectivity index (χ2n) is 18.1. The number of esters is 1. The van der Waals surface area contributed by atoms with Gasteiger partial charge in [-0.05, 0) is 64.9 Å². The SMILES string of the molecule is CCOC(C)=O.O=c1n(-c2ccccc2)c(=O)n2n1[C@@H]1C(=C[C@H]3[C@@H]1[C@H]1C=C[C@]34[C@H]1n1c(=O)n(-c3ccccc3)c(=O)n1C4(c1ccccc1)c1ccccc1)C2(c1ccccc1)c1ccccc1. The van der Waals surface area contributed by atoms with Crippen molar-refractivity contribution in [2.75, 3.05) is 6.61 Å². The molecule has 336 valence electrons. The molecule has 5 aliphatic rings. The van der Waals surface area contributed by atoms with Crippen LogP contribution in [-0.4, -0.2) is 40.4 Å².